The van der Waals surface area contributed by atoms with Crippen LogP contribution in [0.25, 0.3) is 0 Å². The predicted octanol–water partition coefficient (Wildman–Crippen LogP) is 2.56. The van der Waals surface area contributed by atoms with Crippen LogP contribution in [0.4, 0.5) is 0 Å². The number of carbonyl (C=O) groups excluding carboxylic acids is 1. The Labute approximate surface area is 144 Å². The lowest BCUT2D eigenvalue weighted by Crippen LogP contribution is -2.55. The molecule has 1 unspecified atom stereocenters. The highest BCUT2D eigenvalue weighted by Crippen LogP contribution is 2.67. The van der Waals surface area contributed by atoms with Gasteiger partial charge in [0, 0.05) is 18.3 Å². The second-order valence-electron chi connectivity index (χ2n) is 9.46. The van der Waals surface area contributed by atoms with E-state index < -0.39 is 11.4 Å². The molecule has 4 heteroatoms. The van der Waals surface area contributed by atoms with E-state index in [0.29, 0.717) is 37.0 Å². The summed E-state index contributed by atoms with van der Waals surface area (Å²) in [5, 5.41) is 31.0. The molecule has 0 aromatic carbocycles. The predicted molar refractivity (Wildman–Crippen MR) is 89.9 cm³/mol. The van der Waals surface area contributed by atoms with Crippen LogP contribution in [0.15, 0.2) is 11.6 Å². The molecule has 0 aromatic heterocycles. The van der Waals surface area contributed by atoms with Gasteiger partial charge in [0.05, 0.1) is 0 Å². The number of aldehydes is 1. The third-order valence-electron chi connectivity index (χ3n) is 8.55. The monoisotopic (exact) mass is 334 g/mol. The Morgan fingerprint density at radius 1 is 1.04 bits per heavy atom. The largest absolute Gasteiger partial charge is 0.382 e. The van der Waals surface area contributed by atoms with Crippen molar-refractivity contribution in [1.29, 1.82) is 0 Å². The molecule has 24 heavy (non-hydrogen) atoms. The van der Waals surface area contributed by atoms with Gasteiger partial charge >= 0.3 is 0 Å². The number of hydrogen-bond acceptors (Lipinski definition) is 4. The van der Waals surface area contributed by atoms with Gasteiger partial charge in [-0.1, -0.05) is 25.5 Å². The van der Waals surface area contributed by atoms with Gasteiger partial charge in [0.25, 0.3) is 0 Å². The quantitative estimate of drug-likeness (QED) is 0.391. The van der Waals surface area contributed by atoms with Crippen LogP contribution in [0.3, 0.4) is 0 Å². The average Bonchev–Trinajstić information content (AvgIpc) is 2.80. The number of carbonyl (C=O) groups is 1. The minimum absolute atomic E-state index is 0.0427. The van der Waals surface area contributed by atoms with Gasteiger partial charge in [0.2, 0.25) is 0 Å². The van der Waals surface area contributed by atoms with Gasteiger partial charge in [0.15, 0.2) is 12.1 Å². The fraction of sp³-hybridized carbons (Fsp3) is 0.850. The maximum absolute atomic E-state index is 11.6. The SMILES string of the molecule is C[C@]12CCC(O)(O)CC1=CC[C@@H]1[C@H]2CC[C@@]2(C)[C@H]1CCC2(O)C=O. The van der Waals surface area contributed by atoms with E-state index in [9.17, 15) is 20.1 Å². The third-order valence-corrected chi connectivity index (χ3v) is 8.55. The maximum Gasteiger partial charge on any atom is 0.166 e. The second-order valence-corrected chi connectivity index (χ2v) is 9.46. The highest BCUT2D eigenvalue weighted by atomic mass is 16.5. The number of rotatable bonds is 1. The van der Waals surface area contributed by atoms with Crippen molar-refractivity contribution >= 4 is 6.29 Å². The van der Waals surface area contributed by atoms with E-state index in [4.69, 9.17) is 0 Å². The Balaban J connectivity index is 1.69. The Morgan fingerprint density at radius 3 is 2.46 bits per heavy atom. The molecule has 134 valence electrons. The molecule has 0 spiro atoms. The zero-order chi connectivity index (χ0) is 17.4. The molecule has 0 bridgehead atoms. The minimum atomic E-state index is -1.55. The summed E-state index contributed by atoms with van der Waals surface area (Å²) in [5.74, 6) is -0.139. The first-order chi connectivity index (χ1) is 11.2. The summed E-state index contributed by atoms with van der Waals surface area (Å²) in [7, 11) is 0. The van der Waals surface area contributed by atoms with Crippen molar-refractivity contribution in [3.8, 4) is 0 Å². The van der Waals surface area contributed by atoms with Crippen LogP contribution in [0.1, 0.15) is 65.2 Å². The van der Waals surface area contributed by atoms with Crippen LogP contribution in [0.5, 0.6) is 0 Å². The van der Waals surface area contributed by atoms with E-state index in [-0.39, 0.29) is 10.8 Å². The molecule has 4 nitrogen and oxygen atoms in total. The Hall–Kier alpha value is -0.710. The highest BCUT2D eigenvalue weighted by Gasteiger charge is 2.64. The van der Waals surface area contributed by atoms with Gasteiger partial charge in [-0.25, -0.2) is 0 Å². The summed E-state index contributed by atoms with van der Waals surface area (Å²) in [6, 6.07) is 0. The molecule has 4 rings (SSSR count). The van der Waals surface area contributed by atoms with Gasteiger partial charge < -0.3 is 20.1 Å². The van der Waals surface area contributed by atoms with Gasteiger partial charge in [-0.3, -0.25) is 0 Å². The maximum atomic E-state index is 11.6. The normalized spacial score (nSPS) is 52.7. The summed E-state index contributed by atoms with van der Waals surface area (Å²) in [4.78, 5) is 11.6. The van der Waals surface area contributed by atoms with E-state index in [1.54, 1.807) is 0 Å². The van der Waals surface area contributed by atoms with Crippen molar-refractivity contribution in [2.45, 2.75) is 76.6 Å². The van der Waals surface area contributed by atoms with E-state index in [1.165, 1.54) is 5.57 Å². The van der Waals surface area contributed by atoms with Crippen molar-refractivity contribution in [3.63, 3.8) is 0 Å². The molecule has 0 radical (unpaired) electrons. The molecule has 0 aliphatic heterocycles. The van der Waals surface area contributed by atoms with E-state index in [0.717, 1.165) is 38.4 Å². The zero-order valence-electron chi connectivity index (χ0n) is 14.8. The lowest BCUT2D eigenvalue weighted by molar-refractivity contribution is -0.190. The minimum Gasteiger partial charge on any atom is -0.382 e. The summed E-state index contributed by atoms with van der Waals surface area (Å²) in [6.07, 6.45) is 9.02. The summed E-state index contributed by atoms with van der Waals surface area (Å²) >= 11 is 0. The van der Waals surface area contributed by atoms with Crippen LogP contribution < -0.4 is 0 Å². The lowest BCUT2D eigenvalue weighted by atomic mass is 9.47. The number of aliphatic hydroxyl groups is 3. The summed E-state index contributed by atoms with van der Waals surface area (Å²) in [5.41, 5.74) is -0.205. The second kappa shape index (κ2) is 4.93. The van der Waals surface area contributed by atoms with Gasteiger partial charge in [-0.05, 0) is 61.7 Å². The topological polar surface area (TPSA) is 77.8 Å². The van der Waals surface area contributed by atoms with E-state index in [2.05, 4.69) is 19.9 Å². The van der Waals surface area contributed by atoms with Crippen LogP contribution in [-0.4, -0.2) is 33.0 Å². The Bertz CT molecular complexity index is 596. The van der Waals surface area contributed by atoms with Gasteiger partial charge in [-0.2, -0.15) is 0 Å². The zero-order valence-corrected chi connectivity index (χ0v) is 14.8. The Kier molecular flexibility index (Phi) is 3.44. The van der Waals surface area contributed by atoms with E-state index in [1.807, 2.05) is 0 Å². The van der Waals surface area contributed by atoms with Crippen molar-refractivity contribution in [3.05, 3.63) is 11.6 Å². The van der Waals surface area contributed by atoms with Crippen LogP contribution in [0, 0.1) is 28.6 Å². The first kappa shape index (κ1) is 16.7. The Morgan fingerprint density at radius 2 is 1.75 bits per heavy atom. The lowest BCUT2D eigenvalue weighted by Gasteiger charge is -2.59. The van der Waals surface area contributed by atoms with Gasteiger partial charge in [-0.15, -0.1) is 0 Å². The molecule has 4 aliphatic rings. The molecule has 0 amide bonds. The van der Waals surface area contributed by atoms with E-state index >= 15 is 0 Å². The number of hydrogen-bond donors (Lipinski definition) is 3. The van der Waals surface area contributed by atoms with Crippen molar-refractivity contribution in [1.82, 2.24) is 0 Å². The van der Waals surface area contributed by atoms with Crippen LogP contribution in [0.2, 0.25) is 0 Å². The molecule has 3 fully saturated rings. The molecule has 0 saturated heterocycles. The van der Waals surface area contributed by atoms with Crippen LogP contribution >= 0.6 is 0 Å². The molecule has 3 N–H and O–H groups in total. The number of fused-ring (bicyclic) bond motifs is 5. The molecule has 0 aromatic rings. The molecule has 4 aliphatic carbocycles. The van der Waals surface area contributed by atoms with Crippen molar-refractivity contribution < 1.29 is 20.1 Å². The highest BCUT2D eigenvalue weighted by molar-refractivity contribution is 5.65. The third kappa shape index (κ3) is 1.99. The molecule has 3 saturated carbocycles. The molecule has 0 heterocycles. The number of allylic oxidation sites excluding steroid dienone is 1. The average molecular weight is 334 g/mol. The fourth-order valence-electron chi connectivity index (χ4n) is 6.88. The first-order valence-electron chi connectivity index (χ1n) is 9.48. The molecular formula is C20H30O4. The first-order valence-corrected chi connectivity index (χ1v) is 9.48. The van der Waals surface area contributed by atoms with Gasteiger partial charge in [0.1, 0.15) is 5.60 Å². The fourth-order valence-corrected chi connectivity index (χ4v) is 6.88. The van der Waals surface area contributed by atoms with Crippen molar-refractivity contribution in [2.75, 3.05) is 0 Å². The van der Waals surface area contributed by atoms with Crippen LogP contribution in [-0.2, 0) is 4.79 Å². The standard InChI is InChI=1S/C20H30O4/c1-17-9-10-20(23,24)11-13(17)3-4-14-15(17)5-7-18(2)16(14)6-8-19(18,22)12-21/h3,12,14-16,22-24H,4-11H2,1-2H3/t14-,15-,16+,17+,18+,19?/m1/s1. The summed E-state index contributed by atoms with van der Waals surface area (Å²) in [6.45, 7) is 4.42. The molecule has 6 atom stereocenters. The molecular weight excluding hydrogens is 304 g/mol. The summed E-state index contributed by atoms with van der Waals surface area (Å²) < 4.78 is 0. The van der Waals surface area contributed by atoms with Crippen molar-refractivity contribution in [2.24, 2.45) is 28.6 Å². The smallest absolute Gasteiger partial charge is 0.166 e.